The van der Waals surface area contributed by atoms with Gasteiger partial charge in [-0.3, -0.25) is 9.59 Å². The Balaban J connectivity index is 3.03. The van der Waals surface area contributed by atoms with Gasteiger partial charge >= 0.3 is 11.1 Å². The predicted molar refractivity (Wildman–Crippen MR) is 58.8 cm³/mol. The normalized spacial score (nSPS) is 13.1. The van der Waals surface area contributed by atoms with Crippen LogP contribution < -0.4 is 16.9 Å². The summed E-state index contributed by atoms with van der Waals surface area (Å²) in [6, 6.07) is -0.116. The van der Waals surface area contributed by atoms with E-state index in [9.17, 15) is 9.59 Å². The highest BCUT2D eigenvalue weighted by atomic mass is 16.2. The van der Waals surface area contributed by atoms with Crippen LogP contribution in [0.25, 0.3) is 0 Å². The van der Waals surface area contributed by atoms with E-state index in [1.54, 1.807) is 19.4 Å². The van der Waals surface area contributed by atoms with Gasteiger partial charge in [0.2, 0.25) is 0 Å². The zero-order valence-electron chi connectivity index (χ0n) is 9.30. The molecule has 1 atom stereocenters. The van der Waals surface area contributed by atoms with Gasteiger partial charge in [-0.1, -0.05) is 13.8 Å². The van der Waals surface area contributed by atoms with Gasteiger partial charge in [0.25, 0.3) is 0 Å². The number of nitrogens with zero attached hydrogens (tertiary/aromatic N) is 2. The van der Waals surface area contributed by atoms with Crippen molar-refractivity contribution in [3.8, 4) is 0 Å². The molecule has 1 heterocycles. The highest BCUT2D eigenvalue weighted by Gasteiger charge is 2.10. The maximum atomic E-state index is 11.5. The zero-order chi connectivity index (χ0) is 11.6. The topological polar surface area (TPSA) is 70.0 Å². The lowest BCUT2D eigenvalue weighted by Gasteiger charge is -2.16. The van der Waals surface area contributed by atoms with Crippen LogP contribution in [0.1, 0.15) is 13.8 Å². The number of rotatable bonds is 3. The van der Waals surface area contributed by atoms with Crippen molar-refractivity contribution in [2.24, 2.45) is 18.7 Å². The lowest BCUT2D eigenvalue weighted by Crippen LogP contribution is -2.43. The molecule has 0 radical (unpaired) electrons. The molecule has 0 bridgehead atoms. The van der Waals surface area contributed by atoms with Gasteiger partial charge in [-0.05, 0) is 5.92 Å². The minimum absolute atomic E-state index is 0.116. The van der Waals surface area contributed by atoms with E-state index in [0.717, 1.165) is 0 Å². The molecule has 0 fully saturated rings. The van der Waals surface area contributed by atoms with Crippen LogP contribution in [-0.4, -0.2) is 15.2 Å². The summed E-state index contributed by atoms with van der Waals surface area (Å²) in [7, 11) is 1.55. The number of hydrogen-bond donors (Lipinski definition) is 1. The molecule has 1 aromatic heterocycles. The number of nitrogens with two attached hydrogens (primary N) is 1. The number of aryl methyl sites for hydroxylation is 1. The Morgan fingerprint density at radius 3 is 2.40 bits per heavy atom. The van der Waals surface area contributed by atoms with E-state index < -0.39 is 11.1 Å². The van der Waals surface area contributed by atoms with Crippen LogP contribution in [0.4, 0.5) is 0 Å². The molecular formula is C10H17N3O2. The highest BCUT2D eigenvalue weighted by Crippen LogP contribution is 1.99. The quantitative estimate of drug-likeness (QED) is 0.687. The summed E-state index contributed by atoms with van der Waals surface area (Å²) < 4.78 is 2.63. The molecule has 0 aromatic carbocycles. The van der Waals surface area contributed by atoms with Gasteiger partial charge in [-0.15, -0.1) is 0 Å². The van der Waals surface area contributed by atoms with Crippen LogP contribution in [-0.2, 0) is 13.6 Å². The maximum Gasteiger partial charge on any atom is 0.316 e. The molecule has 0 spiro atoms. The van der Waals surface area contributed by atoms with Crippen molar-refractivity contribution < 1.29 is 0 Å². The summed E-state index contributed by atoms with van der Waals surface area (Å²) in [4.78, 5) is 22.9. The molecule has 0 aliphatic carbocycles. The Hall–Kier alpha value is -1.36. The Morgan fingerprint density at radius 2 is 1.87 bits per heavy atom. The fourth-order valence-corrected chi connectivity index (χ4v) is 1.17. The second-order valence-electron chi connectivity index (χ2n) is 4.08. The zero-order valence-corrected chi connectivity index (χ0v) is 9.30. The van der Waals surface area contributed by atoms with Crippen molar-refractivity contribution in [3.63, 3.8) is 0 Å². The third-order valence-corrected chi connectivity index (χ3v) is 2.50. The Kier molecular flexibility index (Phi) is 3.47. The second-order valence-corrected chi connectivity index (χ2v) is 4.08. The van der Waals surface area contributed by atoms with Crippen LogP contribution in [0.3, 0.4) is 0 Å². The molecular weight excluding hydrogens is 194 g/mol. The van der Waals surface area contributed by atoms with Gasteiger partial charge in [-0.25, -0.2) is 0 Å². The van der Waals surface area contributed by atoms with Crippen molar-refractivity contribution in [1.82, 2.24) is 9.13 Å². The minimum atomic E-state index is -0.520. The van der Waals surface area contributed by atoms with Crippen molar-refractivity contribution in [3.05, 3.63) is 33.1 Å². The Morgan fingerprint density at radius 1 is 1.27 bits per heavy atom. The van der Waals surface area contributed by atoms with Crippen LogP contribution in [0.2, 0.25) is 0 Å². The SMILES string of the molecule is CC(C)C(N)Cn1ccn(C)c(=O)c1=O. The summed E-state index contributed by atoms with van der Waals surface area (Å²) in [5.74, 6) is 0.279. The molecule has 0 saturated heterocycles. The summed E-state index contributed by atoms with van der Waals surface area (Å²) in [6.07, 6.45) is 3.16. The minimum Gasteiger partial charge on any atom is -0.326 e. The maximum absolute atomic E-state index is 11.5. The van der Waals surface area contributed by atoms with Gasteiger partial charge in [0.05, 0.1) is 0 Å². The fraction of sp³-hybridized carbons (Fsp3) is 0.600. The van der Waals surface area contributed by atoms with Crippen LogP contribution in [0.15, 0.2) is 22.0 Å². The smallest absolute Gasteiger partial charge is 0.316 e. The first-order valence-corrected chi connectivity index (χ1v) is 4.95. The summed E-state index contributed by atoms with van der Waals surface area (Å²) in [5.41, 5.74) is 4.80. The summed E-state index contributed by atoms with van der Waals surface area (Å²) in [6.45, 7) is 4.35. The molecule has 1 unspecified atom stereocenters. The van der Waals surface area contributed by atoms with E-state index in [2.05, 4.69) is 0 Å². The molecule has 5 nitrogen and oxygen atoms in total. The molecule has 2 N–H and O–H groups in total. The number of hydrogen-bond acceptors (Lipinski definition) is 3. The first kappa shape index (κ1) is 11.7. The Labute approximate surface area is 88.1 Å². The second kappa shape index (κ2) is 4.44. The van der Waals surface area contributed by atoms with Crippen molar-refractivity contribution in [1.29, 1.82) is 0 Å². The van der Waals surface area contributed by atoms with Gasteiger partial charge < -0.3 is 14.9 Å². The largest absolute Gasteiger partial charge is 0.326 e. The molecule has 0 aliphatic rings. The van der Waals surface area contributed by atoms with Gasteiger partial charge in [-0.2, -0.15) is 0 Å². The van der Waals surface area contributed by atoms with E-state index >= 15 is 0 Å². The molecule has 15 heavy (non-hydrogen) atoms. The lowest BCUT2D eigenvalue weighted by molar-refractivity contribution is 0.424. The van der Waals surface area contributed by atoms with Gasteiger partial charge in [0, 0.05) is 32.0 Å². The Bertz CT molecular complexity index is 445. The lowest BCUT2D eigenvalue weighted by atomic mass is 10.1. The van der Waals surface area contributed by atoms with E-state index in [4.69, 9.17) is 5.73 Å². The van der Waals surface area contributed by atoms with Crippen LogP contribution in [0.5, 0.6) is 0 Å². The molecule has 0 amide bonds. The van der Waals surface area contributed by atoms with E-state index in [1.807, 2.05) is 13.8 Å². The standard InChI is InChI=1S/C10H17N3O2/c1-7(2)8(11)6-13-5-4-12(3)9(14)10(13)15/h4-5,7-8H,6,11H2,1-3H3. The predicted octanol–water partition coefficient (Wildman–Crippen LogP) is -0.470. The summed E-state index contributed by atoms with van der Waals surface area (Å²) >= 11 is 0. The monoisotopic (exact) mass is 211 g/mol. The van der Waals surface area contributed by atoms with Gasteiger partial charge in [0.1, 0.15) is 0 Å². The third kappa shape index (κ3) is 2.56. The van der Waals surface area contributed by atoms with Crippen molar-refractivity contribution >= 4 is 0 Å². The molecule has 84 valence electrons. The summed E-state index contributed by atoms with van der Waals surface area (Å²) in [5, 5.41) is 0. The van der Waals surface area contributed by atoms with Crippen LogP contribution in [0, 0.1) is 5.92 Å². The van der Waals surface area contributed by atoms with Crippen LogP contribution >= 0.6 is 0 Å². The van der Waals surface area contributed by atoms with E-state index in [-0.39, 0.29) is 12.0 Å². The van der Waals surface area contributed by atoms with E-state index in [0.29, 0.717) is 6.54 Å². The fourth-order valence-electron chi connectivity index (χ4n) is 1.17. The average Bonchev–Trinajstić information content (AvgIpc) is 2.18. The first-order valence-electron chi connectivity index (χ1n) is 4.95. The van der Waals surface area contributed by atoms with Gasteiger partial charge in [0.15, 0.2) is 0 Å². The molecule has 0 aliphatic heterocycles. The average molecular weight is 211 g/mol. The molecule has 1 rings (SSSR count). The van der Waals surface area contributed by atoms with Crippen molar-refractivity contribution in [2.45, 2.75) is 26.4 Å². The third-order valence-electron chi connectivity index (χ3n) is 2.50. The van der Waals surface area contributed by atoms with Crippen molar-refractivity contribution in [2.75, 3.05) is 0 Å². The highest BCUT2D eigenvalue weighted by molar-refractivity contribution is 4.86. The molecule has 0 saturated carbocycles. The first-order chi connectivity index (χ1) is 6.93. The number of aromatic nitrogens is 2. The van der Waals surface area contributed by atoms with E-state index in [1.165, 1.54) is 9.13 Å². The molecule has 1 aromatic rings. The molecule has 5 heteroatoms.